The summed E-state index contributed by atoms with van der Waals surface area (Å²) >= 11 is 1.58. The van der Waals surface area contributed by atoms with Gasteiger partial charge in [0.25, 0.3) is 0 Å². The van der Waals surface area contributed by atoms with E-state index in [2.05, 4.69) is 22.4 Å². The van der Waals surface area contributed by atoms with Crippen molar-refractivity contribution in [1.82, 2.24) is 0 Å². The Morgan fingerprint density at radius 3 is 2.45 bits per heavy atom. The first-order valence-electron chi connectivity index (χ1n) is 10.1. The highest BCUT2D eigenvalue weighted by molar-refractivity contribution is 7.12. The number of halogens is 1. The molecule has 0 atom stereocenters. The second-order valence-electron chi connectivity index (χ2n) is 7.31. The van der Waals surface area contributed by atoms with Crippen molar-refractivity contribution in [3.05, 3.63) is 76.5 Å². The molecule has 0 fully saturated rings. The molecule has 1 aromatic heterocycles. The summed E-state index contributed by atoms with van der Waals surface area (Å²) in [5, 5.41) is 5.01. The van der Waals surface area contributed by atoms with E-state index in [-0.39, 0.29) is 18.3 Å². The Balaban J connectivity index is 0.00000341. The first-order chi connectivity index (χ1) is 14.5. The van der Waals surface area contributed by atoms with E-state index in [9.17, 15) is 4.79 Å². The van der Waals surface area contributed by atoms with Gasteiger partial charge in [0.15, 0.2) is 0 Å². The molecule has 0 bridgehead atoms. The van der Waals surface area contributed by atoms with Crippen molar-refractivity contribution in [3.63, 3.8) is 0 Å². The van der Waals surface area contributed by atoms with E-state index < -0.39 is 0 Å². The predicted octanol–water partition coefficient (Wildman–Crippen LogP) is 5.62. The molecule has 3 N–H and O–H groups in total. The second-order valence-corrected chi connectivity index (χ2v) is 8.26. The van der Waals surface area contributed by atoms with Gasteiger partial charge in [0.05, 0.1) is 21.9 Å². The number of nitrogens with one attached hydrogen (secondary N) is 1. The number of carbonyl (C=O) groups excluding carboxylic acids is 1. The quantitative estimate of drug-likeness (QED) is 0.249. The minimum Gasteiger partial charge on any atom is -0.383 e. The van der Waals surface area contributed by atoms with Crippen molar-refractivity contribution in [1.29, 1.82) is 0 Å². The van der Waals surface area contributed by atoms with Gasteiger partial charge in [-0.05, 0) is 60.5 Å². The van der Waals surface area contributed by atoms with Crippen LogP contribution in [0.1, 0.15) is 29.7 Å². The zero-order valence-electron chi connectivity index (χ0n) is 17.9. The number of rotatable bonds is 9. The molecule has 7 heteroatoms. The number of carbonyl (C=O) groups is 1. The highest BCUT2D eigenvalue weighted by atomic mass is 35.5. The Hall–Kier alpha value is -2.83. The number of amides is 1. The molecule has 0 saturated heterocycles. The highest BCUT2D eigenvalue weighted by Crippen LogP contribution is 2.24. The van der Waals surface area contributed by atoms with E-state index in [1.165, 1.54) is 5.56 Å². The summed E-state index contributed by atoms with van der Waals surface area (Å²) in [7, 11) is 3.94. The molecule has 0 aliphatic carbocycles. The molecule has 1 amide bonds. The van der Waals surface area contributed by atoms with Gasteiger partial charge >= 0.3 is 0 Å². The first kappa shape index (κ1) is 24.4. The summed E-state index contributed by atoms with van der Waals surface area (Å²) < 4.78 is 0. The maximum atomic E-state index is 12.3. The molecule has 2 aromatic carbocycles. The Morgan fingerprint density at radius 2 is 1.77 bits per heavy atom. The molecule has 0 saturated carbocycles. The van der Waals surface area contributed by atoms with Crippen LogP contribution in [0.25, 0.3) is 0 Å². The van der Waals surface area contributed by atoms with Crippen LogP contribution in [0.15, 0.2) is 71.0 Å². The van der Waals surface area contributed by atoms with Crippen molar-refractivity contribution < 1.29 is 4.79 Å². The van der Waals surface area contributed by atoms with Crippen molar-refractivity contribution >= 4 is 52.5 Å². The van der Waals surface area contributed by atoms with Gasteiger partial charge in [-0.2, -0.15) is 0 Å². The van der Waals surface area contributed by atoms with Crippen molar-refractivity contribution in [2.75, 3.05) is 24.3 Å². The van der Waals surface area contributed by atoms with E-state index in [4.69, 9.17) is 5.73 Å². The smallest absolute Gasteiger partial charge is 0.224 e. The van der Waals surface area contributed by atoms with Crippen LogP contribution < -0.4 is 16.0 Å². The fourth-order valence-corrected chi connectivity index (χ4v) is 3.78. The van der Waals surface area contributed by atoms with Crippen LogP contribution >= 0.6 is 23.7 Å². The lowest BCUT2D eigenvalue weighted by Crippen LogP contribution is -2.16. The third kappa shape index (κ3) is 7.42. The number of aryl methyl sites for hydroxylation is 1. The van der Waals surface area contributed by atoms with Crippen LogP contribution in [0.5, 0.6) is 0 Å². The standard InChI is InChI=1S/C24H28N4OS.ClH/c1-28(2)21-10-5-4-9-20(21)27-23(29)12-6-3-8-18-13-15-19(16-14-18)26-24(25)22-11-7-17-30-22;/h4-5,7,9-11,13-17H,3,6,8,12H2,1-2H3,(H2,25,26)(H,27,29);1H. The first-order valence-corrected chi connectivity index (χ1v) is 10.9. The average Bonchev–Trinajstić information content (AvgIpc) is 3.28. The number of unbranched alkanes of at least 4 members (excludes halogenated alkanes) is 1. The zero-order valence-corrected chi connectivity index (χ0v) is 19.5. The van der Waals surface area contributed by atoms with Crippen LogP contribution in [-0.2, 0) is 11.2 Å². The molecule has 164 valence electrons. The molecule has 1 heterocycles. The second kappa shape index (κ2) is 12.1. The number of para-hydroxylation sites is 2. The molecule has 0 spiro atoms. The van der Waals surface area contributed by atoms with Gasteiger partial charge in [-0.25, -0.2) is 4.99 Å². The minimum absolute atomic E-state index is 0. The van der Waals surface area contributed by atoms with E-state index in [0.717, 1.165) is 41.2 Å². The summed E-state index contributed by atoms with van der Waals surface area (Å²) in [6, 6.07) is 19.9. The lowest BCUT2D eigenvalue weighted by atomic mass is 10.1. The number of aliphatic imine (C=N–C) groups is 1. The molecular weight excluding hydrogens is 428 g/mol. The molecule has 31 heavy (non-hydrogen) atoms. The van der Waals surface area contributed by atoms with Gasteiger partial charge in [0.2, 0.25) is 5.91 Å². The highest BCUT2D eigenvalue weighted by Gasteiger charge is 2.08. The monoisotopic (exact) mass is 456 g/mol. The van der Waals surface area contributed by atoms with Gasteiger partial charge in [-0.3, -0.25) is 4.79 Å². The number of benzene rings is 2. The average molecular weight is 457 g/mol. The van der Waals surface area contributed by atoms with Crippen LogP contribution in [0.2, 0.25) is 0 Å². The fraction of sp³-hybridized carbons (Fsp3) is 0.250. The molecule has 0 radical (unpaired) electrons. The van der Waals surface area contributed by atoms with E-state index in [0.29, 0.717) is 12.3 Å². The van der Waals surface area contributed by atoms with Crippen LogP contribution in [0.4, 0.5) is 17.1 Å². The van der Waals surface area contributed by atoms with Crippen molar-refractivity contribution in [2.24, 2.45) is 10.7 Å². The Kier molecular flexibility index (Phi) is 9.56. The summed E-state index contributed by atoms with van der Waals surface area (Å²) in [6.07, 6.45) is 3.26. The summed E-state index contributed by atoms with van der Waals surface area (Å²) in [5.41, 5.74) is 9.99. The van der Waals surface area contributed by atoms with Gasteiger partial charge in [0.1, 0.15) is 5.84 Å². The largest absolute Gasteiger partial charge is 0.383 e. The summed E-state index contributed by atoms with van der Waals surface area (Å²) in [5.74, 6) is 0.595. The number of nitrogens with two attached hydrogens (primary N) is 1. The number of hydrogen-bond donors (Lipinski definition) is 2. The van der Waals surface area contributed by atoms with Crippen LogP contribution in [0, 0.1) is 0 Å². The molecular formula is C24H29ClN4OS. The third-order valence-electron chi connectivity index (χ3n) is 4.74. The molecule has 0 aliphatic rings. The number of thiophene rings is 1. The molecule has 3 rings (SSSR count). The minimum atomic E-state index is 0. The maximum Gasteiger partial charge on any atom is 0.224 e. The molecule has 5 nitrogen and oxygen atoms in total. The maximum absolute atomic E-state index is 12.3. The Morgan fingerprint density at radius 1 is 1.03 bits per heavy atom. The third-order valence-corrected chi connectivity index (χ3v) is 5.63. The van der Waals surface area contributed by atoms with Gasteiger partial charge in [0, 0.05) is 20.5 Å². The van der Waals surface area contributed by atoms with Gasteiger partial charge in [-0.1, -0.05) is 30.3 Å². The number of amidine groups is 1. The number of hydrogen-bond acceptors (Lipinski definition) is 4. The van der Waals surface area contributed by atoms with Crippen molar-refractivity contribution in [3.8, 4) is 0 Å². The molecule has 0 aliphatic heterocycles. The number of anilines is 2. The van der Waals surface area contributed by atoms with Crippen molar-refractivity contribution in [2.45, 2.75) is 25.7 Å². The SMILES string of the molecule is CN(C)c1ccccc1NC(=O)CCCCc1ccc(N=C(N)c2cccs2)cc1.Cl. The lowest BCUT2D eigenvalue weighted by Gasteiger charge is -2.17. The van der Waals surface area contributed by atoms with E-state index >= 15 is 0 Å². The number of nitrogens with zero attached hydrogens (tertiary/aromatic N) is 2. The topological polar surface area (TPSA) is 70.7 Å². The predicted molar refractivity (Wildman–Crippen MR) is 135 cm³/mol. The Bertz CT molecular complexity index is 985. The normalized spacial score (nSPS) is 11.0. The lowest BCUT2D eigenvalue weighted by molar-refractivity contribution is -0.116. The summed E-state index contributed by atoms with van der Waals surface area (Å²) in [6.45, 7) is 0. The molecule has 3 aromatic rings. The van der Waals surface area contributed by atoms with Gasteiger partial charge in [-0.15, -0.1) is 23.7 Å². The Labute approximate surface area is 194 Å². The van der Waals surface area contributed by atoms with Crippen LogP contribution in [0.3, 0.4) is 0 Å². The van der Waals surface area contributed by atoms with E-state index in [1.807, 2.05) is 72.9 Å². The van der Waals surface area contributed by atoms with Crippen LogP contribution in [-0.4, -0.2) is 25.8 Å². The van der Waals surface area contributed by atoms with Gasteiger partial charge < -0.3 is 16.0 Å². The zero-order chi connectivity index (χ0) is 21.3. The van der Waals surface area contributed by atoms with E-state index in [1.54, 1.807) is 11.3 Å². The molecule has 0 unspecified atom stereocenters. The fourth-order valence-electron chi connectivity index (χ4n) is 3.15. The summed E-state index contributed by atoms with van der Waals surface area (Å²) in [4.78, 5) is 19.7.